The molecule has 0 aliphatic carbocycles. The minimum atomic E-state index is -0.479. The summed E-state index contributed by atoms with van der Waals surface area (Å²) < 4.78 is 13.4. The topological polar surface area (TPSA) is 35.8 Å². The molecule has 0 fully saturated rings. The van der Waals surface area contributed by atoms with Crippen molar-refractivity contribution in [3.63, 3.8) is 0 Å². The Balaban J connectivity index is 2.21. The Labute approximate surface area is 125 Å². The van der Waals surface area contributed by atoms with Gasteiger partial charge in [0.25, 0.3) is 0 Å². The fraction of sp³-hybridized carbons (Fsp3) is 0.278. The molecule has 0 radical (unpaired) electrons. The Morgan fingerprint density at radius 2 is 1.95 bits per heavy atom. The Kier molecular flexibility index (Phi) is 5.34. The van der Waals surface area contributed by atoms with Crippen molar-refractivity contribution in [2.75, 3.05) is 5.32 Å². The van der Waals surface area contributed by atoms with Crippen LogP contribution in [-0.2, 0) is 0 Å². The van der Waals surface area contributed by atoms with Crippen molar-refractivity contribution in [1.29, 1.82) is 5.26 Å². The molecule has 0 heterocycles. The summed E-state index contributed by atoms with van der Waals surface area (Å²) in [5.74, 6) is -0.479. The molecular formula is C18H19FN2. The first-order valence-corrected chi connectivity index (χ1v) is 7.25. The van der Waals surface area contributed by atoms with Gasteiger partial charge in [0, 0.05) is 5.69 Å². The highest BCUT2D eigenvalue weighted by Crippen LogP contribution is 2.25. The number of hydrogen-bond donors (Lipinski definition) is 1. The smallest absolute Gasteiger partial charge is 0.141 e. The minimum absolute atomic E-state index is 0.0716. The maximum Gasteiger partial charge on any atom is 0.141 e. The molecular weight excluding hydrogens is 263 g/mol. The highest BCUT2D eigenvalue weighted by atomic mass is 19.1. The summed E-state index contributed by atoms with van der Waals surface area (Å²) in [6.45, 7) is 2.16. The largest absolute Gasteiger partial charge is 0.378 e. The maximum absolute atomic E-state index is 13.4. The zero-order chi connectivity index (χ0) is 15.1. The van der Waals surface area contributed by atoms with Crippen LogP contribution in [0, 0.1) is 17.1 Å². The molecule has 2 rings (SSSR count). The number of nitriles is 1. The van der Waals surface area contributed by atoms with Crippen molar-refractivity contribution < 1.29 is 4.39 Å². The van der Waals surface area contributed by atoms with Gasteiger partial charge in [-0.25, -0.2) is 4.39 Å². The van der Waals surface area contributed by atoms with Crippen LogP contribution < -0.4 is 5.32 Å². The van der Waals surface area contributed by atoms with E-state index in [2.05, 4.69) is 24.4 Å². The molecule has 2 aromatic rings. The second kappa shape index (κ2) is 7.44. The molecule has 1 atom stereocenters. The summed E-state index contributed by atoms with van der Waals surface area (Å²) in [4.78, 5) is 0. The predicted molar refractivity (Wildman–Crippen MR) is 83.4 cm³/mol. The van der Waals surface area contributed by atoms with Gasteiger partial charge in [0.2, 0.25) is 0 Å². The van der Waals surface area contributed by atoms with Gasteiger partial charge in [0.05, 0.1) is 11.6 Å². The van der Waals surface area contributed by atoms with Crippen molar-refractivity contribution in [3.05, 3.63) is 65.5 Å². The van der Waals surface area contributed by atoms with Gasteiger partial charge in [-0.15, -0.1) is 0 Å². The lowest BCUT2D eigenvalue weighted by atomic mass is 10.0. The summed E-state index contributed by atoms with van der Waals surface area (Å²) in [6.07, 6.45) is 3.23. The maximum atomic E-state index is 13.4. The van der Waals surface area contributed by atoms with Crippen LogP contribution in [0.25, 0.3) is 0 Å². The van der Waals surface area contributed by atoms with Crippen LogP contribution in [0.2, 0.25) is 0 Å². The van der Waals surface area contributed by atoms with E-state index in [1.165, 1.54) is 11.6 Å². The molecule has 0 aromatic heterocycles. The van der Waals surface area contributed by atoms with E-state index in [4.69, 9.17) is 5.26 Å². The minimum Gasteiger partial charge on any atom is -0.378 e. The number of benzene rings is 2. The van der Waals surface area contributed by atoms with E-state index in [1.807, 2.05) is 24.3 Å². The van der Waals surface area contributed by atoms with E-state index in [0.29, 0.717) is 0 Å². The molecule has 2 nitrogen and oxygen atoms in total. The molecule has 0 saturated heterocycles. The van der Waals surface area contributed by atoms with Gasteiger partial charge in [-0.05, 0) is 30.2 Å². The monoisotopic (exact) mass is 282 g/mol. The van der Waals surface area contributed by atoms with E-state index in [-0.39, 0.29) is 11.6 Å². The van der Waals surface area contributed by atoms with Crippen LogP contribution in [0.4, 0.5) is 10.1 Å². The van der Waals surface area contributed by atoms with Crippen molar-refractivity contribution >= 4 is 5.69 Å². The number of hydrogen-bond acceptors (Lipinski definition) is 2. The summed E-state index contributed by atoms with van der Waals surface area (Å²) in [5, 5.41) is 12.3. The molecule has 0 saturated carbocycles. The second-order valence-electron chi connectivity index (χ2n) is 5.06. The molecule has 3 heteroatoms. The van der Waals surface area contributed by atoms with Gasteiger partial charge < -0.3 is 5.32 Å². The van der Waals surface area contributed by atoms with Crippen LogP contribution in [-0.4, -0.2) is 0 Å². The fourth-order valence-electron chi connectivity index (χ4n) is 2.32. The van der Waals surface area contributed by atoms with Gasteiger partial charge in [-0.3, -0.25) is 0 Å². The molecule has 0 amide bonds. The zero-order valence-electron chi connectivity index (χ0n) is 12.1. The van der Waals surface area contributed by atoms with E-state index < -0.39 is 5.82 Å². The number of unbranched alkanes of at least 4 members (excludes halogenated alkanes) is 1. The predicted octanol–water partition coefficient (Wildman–Crippen LogP) is 5.04. The third-order valence-corrected chi connectivity index (χ3v) is 3.48. The van der Waals surface area contributed by atoms with E-state index in [0.717, 1.165) is 24.9 Å². The highest BCUT2D eigenvalue weighted by Gasteiger charge is 2.11. The van der Waals surface area contributed by atoms with E-state index >= 15 is 0 Å². The number of nitrogens with one attached hydrogen (secondary N) is 1. The number of anilines is 1. The van der Waals surface area contributed by atoms with Crippen LogP contribution in [0.1, 0.15) is 43.4 Å². The van der Waals surface area contributed by atoms with Gasteiger partial charge in [0.1, 0.15) is 11.9 Å². The first kappa shape index (κ1) is 15.1. The first-order chi connectivity index (χ1) is 10.2. The third-order valence-electron chi connectivity index (χ3n) is 3.48. The Morgan fingerprint density at radius 3 is 2.62 bits per heavy atom. The fourth-order valence-corrected chi connectivity index (χ4v) is 2.32. The second-order valence-corrected chi connectivity index (χ2v) is 5.06. The zero-order valence-corrected chi connectivity index (χ0v) is 12.1. The Hall–Kier alpha value is -2.34. The van der Waals surface area contributed by atoms with Crippen LogP contribution in [0.3, 0.4) is 0 Å². The molecule has 0 spiro atoms. The van der Waals surface area contributed by atoms with Crippen LogP contribution in [0.15, 0.2) is 48.5 Å². The van der Waals surface area contributed by atoms with E-state index in [9.17, 15) is 4.39 Å². The van der Waals surface area contributed by atoms with Gasteiger partial charge in [-0.2, -0.15) is 5.26 Å². The number of rotatable bonds is 6. The third kappa shape index (κ3) is 4.06. The molecule has 0 aliphatic heterocycles. The lowest BCUT2D eigenvalue weighted by Gasteiger charge is -2.20. The molecule has 108 valence electrons. The lowest BCUT2D eigenvalue weighted by Crippen LogP contribution is -2.11. The summed E-state index contributed by atoms with van der Waals surface area (Å²) in [7, 11) is 0. The van der Waals surface area contributed by atoms with Crippen LogP contribution >= 0.6 is 0 Å². The summed E-state index contributed by atoms with van der Waals surface area (Å²) >= 11 is 0. The highest BCUT2D eigenvalue weighted by molar-refractivity contribution is 5.51. The van der Waals surface area contributed by atoms with E-state index in [1.54, 1.807) is 12.1 Å². The SMILES string of the molecule is CCCCC(Nc1ccc(F)c(C#N)c1)c1ccccc1. The Morgan fingerprint density at radius 1 is 1.19 bits per heavy atom. The average molecular weight is 282 g/mol. The summed E-state index contributed by atoms with van der Waals surface area (Å²) in [5.41, 5.74) is 2.05. The van der Waals surface area contributed by atoms with Crippen molar-refractivity contribution in [2.24, 2.45) is 0 Å². The summed E-state index contributed by atoms with van der Waals surface area (Å²) in [6, 6.07) is 16.8. The van der Waals surface area contributed by atoms with Gasteiger partial charge in [0.15, 0.2) is 0 Å². The molecule has 0 bridgehead atoms. The van der Waals surface area contributed by atoms with Gasteiger partial charge in [-0.1, -0.05) is 50.1 Å². The quantitative estimate of drug-likeness (QED) is 0.805. The molecule has 21 heavy (non-hydrogen) atoms. The molecule has 1 N–H and O–H groups in total. The number of halogens is 1. The molecule has 2 aromatic carbocycles. The van der Waals surface area contributed by atoms with Crippen molar-refractivity contribution in [2.45, 2.75) is 32.2 Å². The first-order valence-electron chi connectivity index (χ1n) is 7.25. The number of nitrogens with zero attached hydrogens (tertiary/aromatic N) is 1. The van der Waals surface area contributed by atoms with Crippen molar-refractivity contribution in [3.8, 4) is 6.07 Å². The Bertz CT molecular complexity index is 617. The van der Waals surface area contributed by atoms with Crippen LogP contribution in [0.5, 0.6) is 0 Å². The average Bonchev–Trinajstić information content (AvgIpc) is 2.53. The molecule has 1 unspecified atom stereocenters. The standard InChI is InChI=1S/C18H19FN2/c1-2-3-9-18(14-7-5-4-6-8-14)21-16-10-11-17(19)15(12-16)13-20/h4-8,10-12,18,21H,2-3,9H2,1H3. The lowest BCUT2D eigenvalue weighted by molar-refractivity contribution is 0.621. The van der Waals surface area contributed by atoms with Crippen molar-refractivity contribution in [1.82, 2.24) is 0 Å². The molecule has 0 aliphatic rings. The van der Waals surface area contributed by atoms with Gasteiger partial charge >= 0.3 is 0 Å². The normalized spacial score (nSPS) is 11.7.